The van der Waals surface area contributed by atoms with E-state index in [1.165, 1.54) is 14.0 Å². The van der Waals surface area contributed by atoms with Gasteiger partial charge in [0.2, 0.25) is 0 Å². The van der Waals surface area contributed by atoms with Crippen molar-refractivity contribution < 1.29 is 19.1 Å². The number of rotatable bonds is 5. The van der Waals surface area contributed by atoms with E-state index in [-0.39, 0.29) is 5.57 Å². The van der Waals surface area contributed by atoms with Crippen LogP contribution in [-0.4, -0.2) is 25.2 Å². The van der Waals surface area contributed by atoms with Crippen molar-refractivity contribution in [1.82, 2.24) is 0 Å². The Kier molecular flexibility index (Phi) is 6.61. The van der Waals surface area contributed by atoms with Crippen molar-refractivity contribution in [3.63, 3.8) is 0 Å². The molecule has 0 aromatic carbocycles. The summed E-state index contributed by atoms with van der Waals surface area (Å²) in [5, 5.41) is 8.56. The number of carbonyl (C=O) groups is 2. The molecule has 0 bridgehead atoms. The first-order chi connectivity index (χ1) is 7.56. The lowest BCUT2D eigenvalue weighted by Crippen LogP contribution is -2.24. The lowest BCUT2D eigenvalue weighted by molar-refractivity contribution is -0.147. The maximum atomic E-state index is 11.4. The van der Waals surface area contributed by atoms with Crippen molar-refractivity contribution in [2.75, 3.05) is 7.11 Å². The Bertz CT molecular complexity index is 327. The van der Waals surface area contributed by atoms with E-state index < -0.39 is 18.0 Å². The molecular weight excluding hydrogens is 210 g/mol. The number of nitriles is 1. The molecule has 0 aliphatic rings. The Labute approximate surface area is 94.6 Å². The Morgan fingerprint density at radius 2 is 2.12 bits per heavy atom. The van der Waals surface area contributed by atoms with Crippen LogP contribution in [0.4, 0.5) is 0 Å². The van der Waals surface area contributed by atoms with Crippen molar-refractivity contribution in [2.24, 2.45) is 0 Å². The topological polar surface area (TPSA) is 76.4 Å². The van der Waals surface area contributed by atoms with E-state index in [0.717, 1.165) is 12.5 Å². The van der Waals surface area contributed by atoms with Gasteiger partial charge in [-0.3, -0.25) is 4.79 Å². The first kappa shape index (κ1) is 14.2. The van der Waals surface area contributed by atoms with Gasteiger partial charge in [-0.2, -0.15) is 5.26 Å². The SMILES string of the molecule is CCC[C@@H](OC(C)=O)/C(=C/C#N)C(=O)OC. The number of carbonyl (C=O) groups excluding carboxylic acids is 2. The third-order valence-electron chi connectivity index (χ3n) is 1.85. The monoisotopic (exact) mass is 225 g/mol. The Balaban J connectivity index is 4.95. The van der Waals surface area contributed by atoms with Crippen LogP contribution in [0.5, 0.6) is 0 Å². The van der Waals surface area contributed by atoms with Gasteiger partial charge in [-0.05, 0) is 6.42 Å². The minimum Gasteiger partial charge on any atom is -0.466 e. The number of hydrogen-bond donors (Lipinski definition) is 0. The number of esters is 2. The predicted octanol–water partition coefficient (Wildman–Crippen LogP) is 1.34. The van der Waals surface area contributed by atoms with Crippen molar-refractivity contribution in [3.05, 3.63) is 11.6 Å². The Morgan fingerprint density at radius 3 is 2.50 bits per heavy atom. The van der Waals surface area contributed by atoms with Crippen molar-refractivity contribution >= 4 is 11.9 Å². The van der Waals surface area contributed by atoms with Gasteiger partial charge in [0.15, 0.2) is 0 Å². The lowest BCUT2D eigenvalue weighted by Gasteiger charge is -2.17. The van der Waals surface area contributed by atoms with Crippen molar-refractivity contribution in [1.29, 1.82) is 5.26 Å². The largest absolute Gasteiger partial charge is 0.466 e. The summed E-state index contributed by atoms with van der Waals surface area (Å²) in [6, 6.07) is 1.74. The average molecular weight is 225 g/mol. The number of methoxy groups -OCH3 is 1. The van der Waals surface area contributed by atoms with Gasteiger partial charge in [-0.25, -0.2) is 4.79 Å². The molecule has 0 saturated carbocycles. The summed E-state index contributed by atoms with van der Waals surface area (Å²) >= 11 is 0. The second-order valence-electron chi connectivity index (χ2n) is 3.11. The highest BCUT2D eigenvalue weighted by Crippen LogP contribution is 2.15. The first-order valence-corrected chi connectivity index (χ1v) is 4.92. The van der Waals surface area contributed by atoms with E-state index in [4.69, 9.17) is 10.00 Å². The van der Waals surface area contributed by atoms with Crippen LogP contribution in [0, 0.1) is 11.3 Å². The summed E-state index contributed by atoms with van der Waals surface area (Å²) in [5.74, 6) is -1.15. The van der Waals surface area contributed by atoms with Gasteiger partial charge < -0.3 is 9.47 Å². The fraction of sp³-hybridized carbons (Fsp3) is 0.545. The molecular formula is C11H15NO4. The summed E-state index contributed by atoms with van der Waals surface area (Å²) in [7, 11) is 1.21. The number of hydrogen-bond acceptors (Lipinski definition) is 5. The van der Waals surface area contributed by atoms with E-state index in [1.54, 1.807) is 6.07 Å². The molecule has 0 spiro atoms. The maximum absolute atomic E-state index is 11.4. The summed E-state index contributed by atoms with van der Waals surface area (Å²) in [5.41, 5.74) is 0.0713. The normalized spacial score (nSPS) is 12.5. The van der Waals surface area contributed by atoms with Gasteiger partial charge in [0.1, 0.15) is 6.10 Å². The van der Waals surface area contributed by atoms with E-state index >= 15 is 0 Å². The number of allylic oxidation sites excluding steroid dienone is 1. The molecule has 0 N–H and O–H groups in total. The summed E-state index contributed by atoms with van der Waals surface area (Å²) in [4.78, 5) is 22.2. The van der Waals surface area contributed by atoms with Crippen LogP contribution < -0.4 is 0 Å². The second kappa shape index (κ2) is 7.46. The molecule has 0 radical (unpaired) electrons. The average Bonchev–Trinajstić information content (AvgIpc) is 2.23. The van der Waals surface area contributed by atoms with E-state index in [0.29, 0.717) is 6.42 Å². The first-order valence-electron chi connectivity index (χ1n) is 4.92. The van der Waals surface area contributed by atoms with Crippen LogP contribution >= 0.6 is 0 Å². The Morgan fingerprint density at radius 1 is 1.50 bits per heavy atom. The van der Waals surface area contributed by atoms with Gasteiger partial charge in [0.25, 0.3) is 0 Å². The molecule has 5 nitrogen and oxygen atoms in total. The molecule has 0 unspecified atom stereocenters. The van der Waals surface area contributed by atoms with Gasteiger partial charge in [-0.1, -0.05) is 13.3 Å². The molecule has 88 valence electrons. The van der Waals surface area contributed by atoms with Crippen LogP contribution in [0.15, 0.2) is 11.6 Å². The smallest absolute Gasteiger partial charge is 0.338 e. The van der Waals surface area contributed by atoms with E-state index in [9.17, 15) is 9.59 Å². The van der Waals surface area contributed by atoms with E-state index in [1.807, 2.05) is 6.92 Å². The molecule has 0 aliphatic carbocycles. The third-order valence-corrected chi connectivity index (χ3v) is 1.85. The zero-order valence-corrected chi connectivity index (χ0v) is 9.65. The number of nitrogens with zero attached hydrogens (tertiary/aromatic N) is 1. The molecule has 0 fully saturated rings. The van der Waals surface area contributed by atoms with Crippen LogP contribution in [0.25, 0.3) is 0 Å². The molecule has 0 amide bonds. The summed E-state index contributed by atoms with van der Waals surface area (Å²) in [6.45, 7) is 3.14. The minimum absolute atomic E-state index is 0.0713. The van der Waals surface area contributed by atoms with Gasteiger partial charge in [0, 0.05) is 13.0 Å². The highest BCUT2D eigenvalue weighted by molar-refractivity contribution is 5.90. The highest BCUT2D eigenvalue weighted by atomic mass is 16.6. The van der Waals surface area contributed by atoms with Crippen molar-refractivity contribution in [3.8, 4) is 6.07 Å². The molecule has 0 rings (SSSR count). The molecule has 0 heterocycles. The van der Waals surface area contributed by atoms with Crippen LogP contribution in [0.1, 0.15) is 26.7 Å². The minimum atomic E-state index is -0.713. The quantitative estimate of drug-likeness (QED) is 0.401. The standard InChI is InChI=1S/C11H15NO4/c1-4-5-10(16-8(2)13)9(6-7-12)11(14)15-3/h6,10H,4-5H2,1-3H3/b9-6-/t10-/m1/s1. The summed E-state index contributed by atoms with van der Waals surface area (Å²) in [6.07, 6.45) is 1.53. The highest BCUT2D eigenvalue weighted by Gasteiger charge is 2.23. The zero-order chi connectivity index (χ0) is 12.6. The fourth-order valence-electron chi connectivity index (χ4n) is 1.21. The molecule has 5 heteroatoms. The molecule has 0 aromatic heterocycles. The van der Waals surface area contributed by atoms with Crippen molar-refractivity contribution in [2.45, 2.75) is 32.8 Å². The maximum Gasteiger partial charge on any atom is 0.338 e. The van der Waals surface area contributed by atoms with Crippen LogP contribution in [0.2, 0.25) is 0 Å². The molecule has 0 aromatic rings. The Hall–Kier alpha value is -1.83. The van der Waals surface area contributed by atoms with Crippen LogP contribution in [0.3, 0.4) is 0 Å². The van der Waals surface area contributed by atoms with Crippen LogP contribution in [-0.2, 0) is 19.1 Å². The van der Waals surface area contributed by atoms with Gasteiger partial charge in [0.05, 0.1) is 18.8 Å². The van der Waals surface area contributed by atoms with Gasteiger partial charge >= 0.3 is 11.9 Å². The lowest BCUT2D eigenvalue weighted by atomic mass is 10.1. The molecule has 1 atom stereocenters. The molecule has 0 aliphatic heterocycles. The molecule has 0 saturated heterocycles. The molecule has 16 heavy (non-hydrogen) atoms. The number of ether oxygens (including phenoxy) is 2. The zero-order valence-electron chi connectivity index (χ0n) is 9.65. The van der Waals surface area contributed by atoms with Gasteiger partial charge in [-0.15, -0.1) is 0 Å². The third kappa shape index (κ3) is 4.60. The van der Waals surface area contributed by atoms with E-state index in [2.05, 4.69) is 4.74 Å². The fourth-order valence-corrected chi connectivity index (χ4v) is 1.21. The second-order valence-corrected chi connectivity index (χ2v) is 3.11. The summed E-state index contributed by atoms with van der Waals surface area (Å²) < 4.78 is 9.49. The predicted molar refractivity (Wildman–Crippen MR) is 56.2 cm³/mol.